The van der Waals surface area contributed by atoms with Gasteiger partial charge in [0.1, 0.15) is 6.07 Å². The van der Waals surface area contributed by atoms with Gasteiger partial charge in [0.05, 0.1) is 22.4 Å². The number of benzene rings is 1. The van der Waals surface area contributed by atoms with Gasteiger partial charge in [0, 0.05) is 12.6 Å². The third-order valence-electron chi connectivity index (χ3n) is 4.01. The average molecular weight is 358 g/mol. The molecule has 23 heavy (non-hydrogen) atoms. The highest BCUT2D eigenvalue weighted by Crippen LogP contribution is 2.33. The average Bonchev–Trinajstić information content (AvgIpc) is 2.84. The number of amides is 1. The van der Waals surface area contributed by atoms with E-state index in [4.69, 9.17) is 16.9 Å². The van der Waals surface area contributed by atoms with Crippen LogP contribution in [0.25, 0.3) is 0 Å². The zero-order valence-corrected chi connectivity index (χ0v) is 14.2. The molecule has 1 aromatic rings. The molecule has 2 atom stereocenters. The first-order chi connectivity index (χ1) is 10.8. The summed E-state index contributed by atoms with van der Waals surface area (Å²) in [5.41, 5.74) is 0.590. The van der Waals surface area contributed by atoms with Gasteiger partial charge in [0.25, 0.3) is 0 Å². The number of hydrogen-bond donors (Lipinski definition) is 1. The Kier molecular flexibility index (Phi) is 4.96. The molecule has 1 amide bonds. The highest BCUT2D eigenvalue weighted by Gasteiger charge is 2.41. The smallest absolute Gasteiger partial charge is 0.310 e. The van der Waals surface area contributed by atoms with Crippen molar-refractivity contribution in [3.8, 4) is 6.07 Å². The van der Waals surface area contributed by atoms with E-state index in [0.717, 1.165) is 4.31 Å². The second kappa shape index (κ2) is 6.45. The number of hydrogen-bond acceptors (Lipinski definition) is 5. The molecule has 0 unspecified atom stereocenters. The van der Waals surface area contributed by atoms with E-state index in [9.17, 15) is 18.3 Å². The van der Waals surface area contributed by atoms with Crippen molar-refractivity contribution in [2.24, 2.45) is 0 Å². The Balaban J connectivity index is 2.51. The number of nitrogens with zero attached hydrogens (tertiary/aromatic N) is 3. The van der Waals surface area contributed by atoms with Gasteiger partial charge in [-0.15, -0.1) is 0 Å². The Morgan fingerprint density at radius 3 is 2.65 bits per heavy atom. The molecular formula is C14H16ClN3O4S. The first-order valence-electron chi connectivity index (χ1n) is 6.89. The van der Waals surface area contributed by atoms with Crippen LogP contribution in [-0.2, 0) is 15.0 Å². The summed E-state index contributed by atoms with van der Waals surface area (Å²) in [4.78, 5) is 11.5. The third-order valence-corrected chi connectivity index (χ3v) is 6.39. The molecule has 0 bridgehead atoms. The van der Waals surface area contributed by atoms with Crippen LogP contribution in [0.3, 0.4) is 0 Å². The van der Waals surface area contributed by atoms with E-state index in [1.54, 1.807) is 6.92 Å². The SMILES string of the molecule is Cc1c(N(C=O)S(=O)(=O)N2CC[C@@H](O)[C@H]2C)ccc(C#N)c1Cl. The second-order valence-corrected chi connectivity index (χ2v) is 7.44. The number of anilines is 1. The molecule has 1 aliphatic heterocycles. The predicted octanol–water partition coefficient (Wildman–Crippen LogP) is 1.18. The van der Waals surface area contributed by atoms with Crippen molar-refractivity contribution in [1.82, 2.24) is 4.31 Å². The molecule has 124 valence electrons. The first kappa shape index (κ1) is 17.7. The molecule has 1 heterocycles. The van der Waals surface area contributed by atoms with Crippen molar-refractivity contribution in [2.75, 3.05) is 10.8 Å². The summed E-state index contributed by atoms with van der Waals surface area (Å²) in [6.07, 6.45) is -0.276. The first-order valence-corrected chi connectivity index (χ1v) is 8.67. The molecule has 9 heteroatoms. The molecule has 1 fully saturated rings. The molecule has 0 spiro atoms. The van der Waals surface area contributed by atoms with Gasteiger partial charge < -0.3 is 5.11 Å². The Bertz CT molecular complexity index is 775. The van der Waals surface area contributed by atoms with Crippen LogP contribution in [0.15, 0.2) is 12.1 Å². The van der Waals surface area contributed by atoms with Crippen LogP contribution in [0.5, 0.6) is 0 Å². The molecule has 0 saturated carbocycles. The van der Waals surface area contributed by atoms with Gasteiger partial charge in [-0.25, -0.2) is 0 Å². The lowest BCUT2D eigenvalue weighted by Gasteiger charge is -2.28. The molecular weight excluding hydrogens is 342 g/mol. The van der Waals surface area contributed by atoms with Crippen molar-refractivity contribution in [3.63, 3.8) is 0 Å². The van der Waals surface area contributed by atoms with E-state index in [2.05, 4.69) is 0 Å². The van der Waals surface area contributed by atoms with Crippen LogP contribution in [-0.4, -0.2) is 42.9 Å². The maximum atomic E-state index is 12.7. The van der Waals surface area contributed by atoms with Crippen molar-refractivity contribution >= 4 is 33.9 Å². The van der Waals surface area contributed by atoms with Gasteiger partial charge in [-0.1, -0.05) is 11.6 Å². The van der Waals surface area contributed by atoms with Gasteiger partial charge in [-0.05, 0) is 38.0 Å². The standard InChI is InChI=1S/C14H16ClN3O4S/c1-9-12(4-3-11(7-16)14(9)15)18(8-19)23(21,22)17-6-5-13(20)10(17)2/h3-4,8,10,13,20H,5-6H2,1-2H3/t10-,13-/m1/s1. The van der Waals surface area contributed by atoms with Crippen LogP contribution in [0.1, 0.15) is 24.5 Å². The fraction of sp³-hybridized carbons (Fsp3) is 0.429. The monoisotopic (exact) mass is 357 g/mol. The largest absolute Gasteiger partial charge is 0.391 e. The van der Waals surface area contributed by atoms with Crippen LogP contribution in [0.2, 0.25) is 5.02 Å². The van der Waals surface area contributed by atoms with E-state index in [0.29, 0.717) is 16.3 Å². The summed E-state index contributed by atoms with van der Waals surface area (Å²) >= 11 is 6.05. The Hall–Kier alpha value is -1.66. The molecule has 2 rings (SSSR count). The van der Waals surface area contributed by atoms with Gasteiger partial charge in [0.2, 0.25) is 6.41 Å². The summed E-state index contributed by atoms with van der Waals surface area (Å²) in [7, 11) is -4.15. The van der Waals surface area contributed by atoms with E-state index in [1.807, 2.05) is 6.07 Å². The molecule has 0 aliphatic carbocycles. The fourth-order valence-corrected chi connectivity index (χ4v) is 4.45. The van der Waals surface area contributed by atoms with Gasteiger partial charge >= 0.3 is 10.2 Å². The zero-order chi connectivity index (χ0) is 17.4. The maximum Gasteiger partial charge on any atom is 0.310 e. The van der Waals surface area contributed by atoms with Gasteiger partial charge in [-0.3, -0.25) is 4.79 Å². The van der Waals surface area contributed by atoms with E-state index in [1.165, 1.54) is 19.1 Å². The Morgan fingerprint density at radius 2 is 2.17 bits per heavy atom. The van der Waals surface area contributed by atoms with Gasteiger partial charge in [-0.2, -0.15) is 22.3 Å². The molecule has 1 saturated heterocycles. The minimum atomic E-state index is -4.15. The Labute approximate surface area is 139 Å². The van der Waals surface area contributed by atoms with E-state index >= 15 is 0 Å². The van der Waals surface area contributed by atoms with Crippen molar-refractivity contribution in [2.45, 2.75) is 32.4 Å². The Morgan fingerprint density at radius 1 is 1.52 bits per heavy atom. The van der Waals surface area contributed by atoms with Crippen molar-refractivity contribution in [1.29, 1.82) is 5.26 Å². The number of aliphatic hydroxyl groups excluding tert-OH is 1. The number of aliphatic hydroxyl groups is 1. The van der Waals surface area contributed by atoms with Crippen LogP contribution in [0, 0.1) is 18.3 Å². The summed E-state index contributed by atoms with van der Waals surface area (Å²) in [5, 5.41) is 18.8. The van der Waals surface area contributed by atoms with E-state index in [-0.39, 0.29) is 29.2 Å². The highest BCUT2D eigenvalue weighted by molar-refractivity contribution is 7.91. The maximum absolute atomic E-state index is 12.7. The summed E-state index contributed by atoms with van der Waals surface area (Å²) in [6, 6.07) is 3.99. The van der Waals surface area contributed by atoms with Crippen LogP contribution < -0.4 is 4.31 Å². The minimum Gasteiger partial charge on any atom is -0.391 e. The molecule has 1 N–H and O–H groups in total. The third kappa shape index (κ3) is 2.93. The van der Waals surface area contributed by atoms with Crippen molar-refractivity contribution in [3.05, 3.63) is 28.3 Å². The lowest BCUT2D eigenvalue weighted by Crippen LogP contribution is -2.46. The second-order valence-electron chi connectivity index (χ2n) is 5.30. The fourth-order valence-electron chi connectivity index (χ4n) is 2.57. The predicted molar refractivity (Wildman–Crippen MR) is 85.2 cm³/mol. The number of halogens is 1. The van der Waals surface area contributed by atoms with Crippen LogP contribution in [0.4, 0.5) is 5.69 Å². The molecule has 7 nitrogen and oxygen atoms in total. The summed E-state index contributed by atoms with van der Waals surface area (Å²) < 4.78 is 27.1. The van der Waals surface area contributed by atoms with E-state index < -0.39 is 22.4 Å². The van der Waals surface area contributed by atoms with Gasteiger partial charge in [0.15, 0.2) is 0 Å². The molecule has 0 aromatic heterocycles. The summed E-state index contributed by atoms with van der Waals surface area (Å²) in [5.74, 6) is 0. The quantitative estimate of drug-likeness (QED) is 0.815. The number of rotatable bonds is 4. The molecule has 1 aliphatic rings. The molecule has 1 aromatic carbocycles. The van der Waals surface area contributed by atoms with Crippen LogP contribution >= 0.6 is 11.6 Å². The normalized spacial score (nSPS) is 21.9. The summed E-state index contributed by atoms with van der Waals surface area (Å²) in [6.45, 7) is 3.24. The lowest BCUT2D eigenvalue weighted by atomic mass is 10.1. The topological polar surface area (TPSA) is 102 Å². The number of nitriles is 1. The molecule has 0 radical (unpaired) electrons. The zero-order valence-electron chi connectivity index (χ0n) is 12.6. The minimum absolute atomic E-state index is 0.0811. The van der Waals surface area contributed by atoms with Crippen molar-refractivity contribution < 1.29 is 18.3 Å². The number of carbonyl (C=O) groups excluding carboxylic acids is 1. The highest BCUT2D eigenvalue weighted by atomic mass is 35.5. The number of carbonyl (C=O) groups is 1. The lowest BCUT2D eigenvalue weighted by molar-refractivity contribution is -0.106.